The Hall–Kier alpha value is -3.95. The Balaban J connectivity index is 1.74. The van der Waals surface area contributed by atoms with Gasteiger partial charge in [0.05, 0.1) is 12.1 Å². The van der Waals surface area contributed by atoms with Crippen molar-refractivity contribution >= 4 is 23.6 Å². The molecule has 2 aromatic carbocycles. The van der Waals surface area contributed by atoms with E-state index in [4.69, 9.17) is 4.74 Å². The Kier molecular flexibility index (Phi) is 9.38. The van der Waals surface area contributed by atoms with Crippen molar-refractivity contribution in [1.82, 2.24) is 20.9 Å². The predicted octanol–water partition coefficient (Wildman–Crippen LogP) is 1.42. The van der Waals surface area contributed by atoms with Crippen LogP contribution in [0.1, 0.15) is 35.7 Å². The summed E-state index contributed by atoms with van der Waals surface area (Å²) in [6.45, 7) is 2.25. The van der Waals surface area contributed by atoms with Crippen molar-refractivity contribution < 1.29 is 28.3 Å². The molecule has 0 unspecified atom stereocenters. The quantitative estimate of drug-likeness (QED) is 0.590. The first kappa shape index (κ1) is 26.7. The number of nitrogens with zero attached hydrogens (tertiary/aromatic N) is 1. The van der Waals surface area contributed by atoms with Crippen LogP contribution in [0.25, 0.3) is 0 Å². The zero-order valence-electron chi connectivity index (χ0n) is 20.4. The van der Waals surface area contributed by atoms with Crippen molar-refractivity contribution in [2.75, 3.05) is 26.7 Å². The minimum absolute atomic E-state index is 0.0275. The molecule has 3 N–H and O–H groups in total. The van der Waals surface area contributed by atoms with Gasteiger partial charge in [-0.25, -0.2) is 4.39 Å². The number of halogens is 1. The molecular formula is C26H31FN4O5. The van der Waals surface area contributed by atoms with E-state index in [2.05, 4.69) is 16.0 Å². The molecule has 4 amide bonds. The molecule has 9 nitrogen and oxygen atoms in total. The van der Waals surface area contributed by atoms with Crippen molar-refractivity contribution in [3.05, 3.63) is 65.5 Å². The minimum atomic E-state index is -0.997. The van der Waals surface area contributed by atoms with Crippen molar-refractivity contribution in [2.45, 2.75) is 38.3 Å². The topological polar surface area (TPSA) is 117 Å². The Labute approximate surface area is 209 Å². The highest BCUT2D eigenvalue weighted by Gasteiger charge is 2.26. The van der Waals surface area contributed by atoms with Crippen LogP contribution in [0.5, 0.6) is 5.75 Å². The molecule has 10 heteroatoms. The number of fused-ring (bicyclic) bond motifs is 1. The lowest BCUT2D eigenvalue weighted by Crippen LogP contribution is -2.49. The highest BCUT2D eigenvalue weighted by atomic mass is 19.1. The van der Waals surface area contributed by atoms with Crippen LogP contribution < -0.4 is 20.7 Å². The molecule has 0 aromatic heterocycles. The molecule has 0 saturated carbocycles. The van der Waals surface area contributed by atoms with Gasteiger partial charge in [-0.15, -0.1) is 0 Å². The Morgan fingerprint density at radius 3 is 2.58 bits per heavy atom. The number of amides is 4. The summed E-state index contributed by atoms with van der Waals surface area (Å²) in [7, 11) is 1.61. The van der Waals surface area contributed by atoms with Crippen molar-refractivity contribution in [3.8, 4) is 5.75 Å². The smallest absolute Gasteiger partial charge is 0.255 e. The summed E-state index contributed by atoms with van der Waals surface area (Å²) in [6, 6.07) is 10.8. The number of carbonyl (C=O) groups is 4. The number of hydrogen-bond acceptors (Lipinski definition) is 5. The van der Waals surface area contributed by atoms with Gasteiger partial charge in [-0.05, 0) is 49.6 Å². The highest BCUT2D eigenvalue weighted by molar-refractivity contribution is 5.99. The first-order chi connectivity index (χ1) is 17.2. The lowest BCUT2D eigenvalue weighted by atomic mass is 10.1. The molecule has 36 heavy (non-hydrogen) atoms. The lowest BCUT2D eigenvalue weighted by Gasteiger charge is -2.22. The van der Waals surface area contributed by atoms with Gasteiger partial charge in [0, 0.05) is 20.0 Å². The van der Waals surface area contributed by atoms with E-state index in [0.29, 0.717) is 12.2 Å². The summed E-state index contributed by atoms with van der Waals surface area (Å²) in [5.41, 5.74) is 1.08. The van der Waals surface area contributed by atoms with Crippen LogP contribution in [0.2, 0.25) is 0 Å². The fraction of sp³-hybridized carbons (Fsp3) is 0.385. The van der Waals surface area contributed by atoms with Crippen LogP contribution in [0, 0.1) is 5.82 Å². The number of hydrogen-bond donors (Lipinski definition) is 3. The first-order valence-corrected chi connectivity index (χ1v) is 11.8. The molecule has 0 fully saturated rings. The summed E-state index contributed by atoms with van der Waals surface area (Å²) in [5, 5.41) is 8.12. The van der Waals surface area contributed by atoms with Crippen LogP contribution in [0.4, 0.5) is 4.39 Å². The maximum absolute atomic E-state index is 13.1. The largest absolute Gasteiger partial charge is 0.491 e. The molecule has 192 valence electrons. The summed E-state index contributed by atoms with van der Waals surface area (Å²) in [5.74, 6) is -1.68. The molecule has 0 radical (unpaired) electrons. The van der Waals surface area contributed by atoms with E-state index in [1.54, 1.807) is 50.4 Å². The average Bonchev–Trinajstić information content (AvgIpc) is 2.86. The summed E-state index contributed by atoms with van der Waals surface area (Å²) in [6.07, 6.45) is 0.423. The molecule has 0 saturated heterocycles. The third-order valence-electron chi connectivity index (χ3n) is 5.85. The van der Waals surface area contributed by atoms with Crippen LogP contribution >= 0.6 is 0 Å². The number of para-hydroxylation sites is 1. The minimum Gasteiger partial charge on any atom is -0.491 e. The molecular weight excluding hydrogens is 467 g/mol. The van der Waals surface area contributed by atoms with Gasteiger partial charge in [0.1, 0.15) is 30.3 Å². The highest BCUT2D eigenvalue weighted by Crippen LogP contribution is 2.18. The molecule has 3 rings (SSSR count). The number of likely N-dealkylation sites (N-methyl/N-ethyl adjacent to an activating group) is 1. The molecule has 0 spiro atoms. The van der Waals surface area contributed by atoms with Gasteiger partial charge in [-0.2, -0.15) is 0 Å². The van der Waals surface area contributed by atoms with Crippen molar-refractivity contribution in [2.24, 2.45) is 0 Å². The van der Waals surface area contributed by atoms with E-state index in [1.165, 1.54) is 17.0 Å². The van der Waals surface area contributed by atoms with E-state index in [9.17, 15) is 23.6 Å². The zero-order valence-corrected chi connectivity index (χ0v) is 20.4. The molecule has 0 bridgehead atoms. The molecule has 1 heterocycles. The third kappa shape index (κ3) is 7.53. The summed E-state index contributed by atoms with van der Waals surface area (Å²) < 4.78 is 18.9. The Bertz CT molecular complexity index is 1090. The Morgan fingerprint density at radius 1 is 1.11 bits per heavy atom. The number of nitrogens with one attached hydrogen (secondary N) is 3. The number of carbonyl (C=O) groups excluding carboxylic acids is 4. The second-order valence-electron chi connectivity index (χ2n) is 8.63. The van der Waals surface area contributed by atoms with E-state index in [1.807, 2.05) is 0 Å². The maximum Gasteiger partial charge on any atom is 0.255 e. The van der Waals surface area contributed by atoms with Crippen molar-refractivity contribution in [3.63, 3.8) is 0 Å². The van der Waals surface area contributed by atoms with E-state index >= 15 is 0 Å². The van der Waals surface area contributed by atoms with Crippen LogP contribution in [0.15, 0.2) is 48.5 Å². The fourth-order valence-corrected chi connectivity index (χ4v) is 3.77. The molecule has 2 atom stereocenters. The van der Waals surface area contributed by atoms with Crippen molar-refractivity contribution in [1.29, 1.82) is 0 Å². The second-order valence-corrected chi connectivity index (χ2v) is 8.63. The van der Waals surface area contributed by atoms with Gasteiger partial charge in [0.15, 0.2) is 0 Å². The van der Waals surface area contributed by atoms with Gasteiger partial charge in [0.25, 0.3) is 5.91 Å². The predicted molar refractivity (Wildman–Crippen MR) is 131 cm³/mol. The Morgan fingerprint density at radius 2 is 1.83 bits per heavy atom. The summed E-state index contributed by atoms with van der Waals surface area (Å²) >= 11 is 0. The second kappa shape index (κ2) is 12.7. The molecule has 1 aliphatic heterocycles. The van der Waals surface area contributed by atoms with E-state index in [-0.39, 0.29) is 49.8 Å². The van der Waals surface area contributed by atoms with Crippen LogP contribution in [0.3, 0.4) is 0 Å². The molecule has 2 aromatic rings. The van der Waals surface area contributed by atoms with E-state index < -0.39 is 29.8 Å². The fourth-order valence-electron chi connectivity index (χ4n) is 3.77. The number of ether oxygens (including phenoxy) is 1. The molecule has 0 aliphatic carbocycles. The third-order valence-corrected chi connectivity index (χ3v) is 5.85. The zero-order chi connectivity index (χ0) is 26.1. The average molecular weight is 499 g/mol. The van der Waals surface area contributed by atoms with E-state index in [0.717, 1.165) is 5.56 Å². The van der Waals surface area contributed by atoms with Gasteiger partial charge in [0.2, 0.25) is 17.7 Å². The van der Waals surface area contributed by atoms with Crippen LogP contribution in [-0.4, -0.2) is 67.4 Å². The summed E-state index contributed by atoms with van der Waals surface area (Å²) in [4.78, 5) is 52.5. The standard InChI is InChI=1S/C26H31FN4O5/c1-17-26(35)31(2)15-16-36-22-6-4-3-5-20(22)24(33)30-21(11-12-23(32)29-17)25(34)28-14-13-18-7-9-19(27)10-8-18/h3-10,17,21H,11-16H2,1-2H3,(H,28,34)(H,29,32)(H,30,33)/t17-,21-/m0/s1. The SMILES string of the molecule is C[C@@H]1NC(=O)CC[C@@H](C(=O)NCCc2ccc(F)cc2)NC(=O)c2ccccc2OCCN(C)C1=O. The monoisotopic (exact) mass is 498 g/mol. The van der Waals surface area contributed by atoms with Gasteiger partial charge >= 0.3 is 0 Å². The number of rotatable bonds is 4. The molecule has 1 aliphatic rings. The number of benzene rings is 2. The first-order valence-electron chi connectivity index (χ1n) is 11.8. The normalized spacial score (nSPS) is 19.6. The maximum atomic E-state index is 13.1. The van der Waals surface area contributed by atoms with Gasteiger partial charge < -0.3 is 25.6 Å². The van der Waals surface area contributed by atoms with Gasteiger partial charge in [-0.3, -0.25) is 19.2 Å². The lowest BCUT2D eigenvalue weighted by molar-refractivity contribution is -0.135. The van der Waals surface area contributed by atoms with Crippen LogP contribution in [-0.2, 0) is 20.8 Å². The van der Waals surface area contributed by atoms with Gasteiger partial charge in [-0.1, -0.05) is 24.3 Å².